The average Bonchev–Trinajstić information content (AvgIpc) is 1.96. The Labute approximate surface area is 81.2 Å². The molecule has 0 radical (unpaired) electrons. The van der Waals surface area contributed by atoms with Crippen molar-refractivity contribution in [1.82, 2.24) is 5.32 Å². The van der Waals surface area contributed by atoms with Gasteiger partial charge >= 0.3 is 8.03 Å². The standard InChI is InChI=1S/C7H16NO2P.ClH/c1-2-3-5-8-6-4-7-11(9)10;/h8H,2-7H2,1H3;1H/p+1. The van der Waals surface area contributed by atoms with Crippen molar-refractivity contribution < 1.29 is 9.46 Å². The van der Waals surface area contributed by atoms with Crippen LogP contribution in [-0.4, -0.2) is 24.1 Å². The van der Waals surface area contributed by atoms with E-state index in [2.05, 4.69) is 12.2 Å². The van der Waals surface area contributed by atoms with E-state index in [1.807, 2.05) is 0 Å². The van der Waals surface area contributed by atoms with Crippen LogP contribution in [0.5, 0.6) is 0 Å². The molecule has 0 aliphatic heterocycles. The van der Waals surface area contributed by atoms with Crippen molar-refractivity contribution in [2.24, 2.45) is 0 Å². The Morgan fingerprint density at radius 2 is 1.92 bits per heavy atom. The molecule has 0 heterocycles. The normalized spacial score (nSPS) is 10.7. The summed E-state index contributed by atoms with van der Waals surface area (Å²) >= 11 is 0. The van der Waals surface area contributed by atoms with Crippen LogP contribution in [0.25, 0.3) is 0 Å². The lowest BCUT2D eigenvalue weighted by Crippen LogP contribution is -2.16. The summed E-state index contributed by atoms with van der Waals surface area (Å²) in [6.07, 6.45) is 3.61. The Balaban J connectivity index is 0. The van der Waals surface area contributed by atoms with Gasteiger partial charge in [0, 0.05) is 6.42 Å². The van der Waals surface area contributed by atoms with Crippen molar-refractivity contribution in [3.63, 3.8) is 0 Å². The largest absolute Gasteiger partial charge is 0.505 e. The van der Waals surface area contributed by atoms with Gasteiger partial charge < -0.3 is 5.32 Å². The maximum atomic E-state index is 10.2. The average molecular weight is 215 g/mol. The predicted octanol–water partition coefficient (Wildman–Crippen LogP) is 1.92. The zero-order valence-corrected chi connectivity index (χ0v) is 9.16. The van der Waals surface area contributed by atoms with Crippen LogP contribution in [0.1, 0.15) is 26.2 Å². The second-order valence-corrected chi connectivity index (χ2v) is 3.68. The molecule has 0 aromatic heterocycles. The fraction of sp³-hybridized carbons (Fsp3) is 1.00. The van der Waals surface area contributed by atoms with Crippen molar-refractivity contribution in [3.05, 3.63) is 0 Å². The van der Waals surface area contributed by atoms with Gasteiger partial charge in [0.1, 0.15) is 0 Å². The molecule has 0 spiro atoms. The molecule has 0 bridgehead atoms. The second-order valence-electron chi connectivity index (χ2n) is 2.53. The van der Waals surface area contributed by atoms with Crippen LogP contribution in [0, 0.1) is 0 Å². The first-order valence-corrected chi connectivity index (χ1v) is 5.51. The van der Waals surface area contributed by atoms with E-state index < -0.39 is 8.03 Å². The molecule has 0 saturated heterocycles. The molecule has 1 atom stereocenters. The third-order valence-electron chi connectivity index (χ3n) is 1.41. The molecule has 0 amide bonds. The van der Waals surface area contributed by atoms with E-state index in [0.717, 1.165) is 19.5 Å². The van der Waals surface area contributed by atoms with E-state index in [1.165, 1.54) is 12.8 Å². The van der Waals surface area contributed by atoms with E-state index in [-0.39, 0.29) is 12.4 Å². The number of halogens is 1. The maximum absolute atomic E-state index is 10.2. The first-order chi connectivity index (χ1) is 5.27. The number of nitrogens with one attached hydrogen (secondary N) is 1. The van der Waals surface area contributed by atoms with E-state index >= 15 is 0 Å². The molecule has 5 heteroatoms. The molecule has 0 rings (SSSR count). The first-order valence-electron chi connectivity index (χ1n) is 4.11. The number of hydrogen-bond acceptors (Lipinski definition) is 2. The Morgan fingerprint density at radius 1 is 1.33 bits per heavy atom. The second kappa shape index (κ2) is 11.3. The summed E-state index contributed by atoms with van der Waals surface area (Å²) in [6, 6.07) is 0. The molecular formula is C7H18ClNO2P+. The molecule has 0 aliphatic rings. The molecule has 1 unspecified atom stereocenters. The van der Waals surface area contributed by atoms with Crippen LogP contribution in [0.15, 0.2) is 0 Å². The highest BCUT2D eigenvalue weighted by Crippen LogP contribution is 2.12. The summed E-state index contributed by atoms with van der Waals surface area (Å²) < 4.78 is 10.2. The maximum Gasteiger partial charge on any atom is 0.505 e. The highest BCUT2D eigenvalue weighted by atomic mass is 35.5. The minimum Gasteiger partial charge on any atom is -0.317 e. The molecule has 3 nitrogen and oxygen atoms in total. The Morgan fingerprint density at radius 3 is 2.42 bits per heavy atom. The van der Waals surface area contributed by atoms with Gasteiger partial charge in [0.15, 0.2) is 6.16 Å². The van der Waals surface area contributed by atoms with Gasteiger partial charge in [-0.25, -0.2) is 0 Å². The topological polar surface area (TPSA) is 49.3 Å². The Bertz CT molecular complexity index is 114. The molecule has 2 N–H and O–H groups in total. The van der Waals surface area contributed by atoms with Crippen molar-refractivity contribution in [2.75, 3.05) is 19.3 Å². The third-order valence-corrected chi connectivity index (χ3v) is 2.11. The molecule has 0 aromatic carbocycles. The summed E-state index contributed by atoms with van der Waals surface area (Å²) in [7, 11) is -1.91. The van der Waals surface area contributed by atoms with Crippen LogP contribution >= 0.6 is 20.4 Å². The molecule has 0 fully saturated rings. The van der Waals surface area contributed by atoms with Gasteiger partial charge in [-0.05, 0) is 24.1 Å². The van der Waals surface area contributed by atoms with Crippen molar-refractivity contribution in [1.29, 1.82) is 0 Å². The number of hydrogen-bond donors (Lipinski definition) is 2. The van der Waals surface area contributed by atoms with Gasteiger partial charge in [0.05, 0.1) is 0 Å². The highest BCUT2D eigenvalue weighted by Gasteiger charge is 2.07. The zero-order chi connectivity index (χ0) is 8.53. The van der Waals surface area contributed by atoms with Gasteiger partial charge in [0.2, 0.25) is 0 Å². The molecule has 12 heavy (non-hydrogen) atoms. The van der Waals surface area contributed by atoms with Gasteiger partial charge in [-0.2, -0.15) is 4.89 Å². The first kappa shape index (κ1) is 14.8. The summed E-state index contributed by atoms with van der Waals surface area (Å²) in [4.78, 5) is 8.44. The SMILES string of the molecule is CCCCNCCC[P+](=O)O.Cl. The lowest BCUT2D eigenvalue weighted by Gasteiger charge is -1.98. The van der Waals surface area contributed by atoms with Crippen LogP contribution < -0.4 is 5.32 Å². The van der Waals surface area contributed by atoms with Gasteiger partial charge in [-0.1, -0.05) is 13.3 Å². The van der Waals surface area contributed by atoms with E-state index in [0.29, 0.717) is 6.16 Å². The van der Waals surface area contributed by atoms with Crippen LogP contribution in [0.4, 0.5) is 0 Å². The summed E-state index contributed by atoms with van der Waals surface area (Å²) in [5, 5.41) is 3.20. The van der Waals surface area contributed by atoms with Gasteiger partial charge in [-0.15, -0.1) is 12.4 Å². The highest BCUT2D eigenvalue weighted by molar-refractivity contribution is 7.37. The number of unbranched alkanes of at least 4 members (excludes halogenated alkanes) is 1. The Kier molecular flexibility index (Phi) is 14.0. The van der Waals surface area contributed by atoms with Gasteiger partial charge in [0.25, 0.3) is 0 Å². The number of rotatable bonds is 7. The molecule has 0 aliphatic carbocycles. The summed E-state index contributed by atoms with van der Waals surface area (Å²) in [6.45, 7) is 4.03. The van der Waals surface area contributed by atoms with Crippen LogP contribution in [-0.2, 0) is 4.57 Å². The monoisotopic (exact) mass is 214 g/mol. The summed E-state index contributed by atoms with van der Waals surface area (Å²) in [5.41, 5.74) is 0. The minimum absolute atomic E-state index is 0. The fourth-order valence-electron chi connectivity index (χ4n) is 0.766. The van der Waals surface area contributed by atoms with Gasteiger partial charge in [-0.3, -0.25) is 0 Å². The summed E-state index contributed by atoms with van der Waals surface area (Å²) in [5.74, 6) is 0. The minimum atomic E-state index is -1.91. The quantitative estimate of drug-likeness (QED) is 0.503. The van der Waals surface area contributed by atoms with E-state index in [9.17, 15) is 4.57 Å². The van der Waals surface area contributed by atoms with Crippen LogP contribution in [0.2, 0.25) is 0 Å². The third kappa shape index (κ3) is 12.9. The Hall–Kier alpha value is 0.310. The van der Waals surface area contributed by atoms with Crippen LogP contribution in [0.3, 0.4) is 0 Å². The van der Waals surface area contributed by atoms with Crippen molar-refractivity contribution >= 4 is 20.4 Å². The lowest BCUT2D eigenvalue weighted by molar-refractivity contribution is 0.499. The lowest BCUT2D eigenvalue weighted by atomic mass is 10.3. The van der Waals surface area contributed by atoms with Crippen molar-refractivity contribution in [3.8, 4) is 0 Å². The zero-order valence-electron chi connectivity index (χ0n) is 7.45. The molecular weight excluding hydrogens is 197 g/mol. The predicted molar refractivity (Wildman–Crippen MR) is 54.3 cm³/mol. The van der Waals surface area contributed by atoms with Crippen molar-refractivity contribution in [2.45, 2.75) is 26.2 Å². The van der Waals surface area contributed by atoms with E-state index in [1.54, 1.807) is 0 Å². The molecule has 0 aromatic rings. The molecule has 74 valence electrons. The van der Waals surface area contributed by atoms with E-state index in [4.69, 9.17) is 4.89 Å². The smallest absolute Gasteiger partial charge is 0.317 e. The molecule has 0 saturated carbocycles. The fourth-order valence-corrected chi connectivity index (χ4v) is 1.19.